The fraction of sp³-hybridized carbons (Fsp3) is 0.969. The lowest BCUT2D eigenvalue weighted by atomic mass is 9.76. The van der Waals surface area contributed by atoms with E-state index in [2.05, 4.69) is 71.5 Å². The molecule has 0 aliphatic carbocycles. The molecular weight excluding hydrogens is 516 g/mol. The number of likely N-dealkylation sites (tertiary alicyclic amines) is 2. The smallest absolute Gasteiger partial charge is 0.220 e. The molecule has 5 atom stereocenters. The summed E-state index contributed by atoms with van der Waals surface area (Å²) in [5, 5.41) is 27.0. The lowest BCUT2D eigenvalue weighted by Gasteiger charge is -2.51. The number of nitrogens with zero attached hydrogens (tertiary/aromatic N) is 5. The molecule has 9 heteroatoms. The second kappa shape index (κ2) is 14.8. The van der Waals surface area contributed by atoms with Crippen molar-refractivity contribution in [2.24, 2.45) is 11.8 Å². The van der Waals surface area contributed by atoms with Crippen LogP contribution in [0.2, 0.25) is 0 Å². The summed E-state index contributed by atoms with van der Waals surface area (Å²) < 4.78 is 0. The van der Waals surface area contributed by atoms with E-state index in [1.807, 2.05) is 14.0 Å². The molecule has 0 aromatic rings. The topological polar surface area (TPSA) is 85.8 Å². The maximum Gasteiger partial charge on any atom is 0.220 e. The van der Waals surface area contributed by atoms with E-state index < -0.39 is 11.2 Å². The van der Waals surface area contributed by atoms with Gasteiger partial charge in [0.1, 0.15) is 0 Å². The minimum absolute atomic E-state index is 0.0547. The molecule has 3 rings (SSSR count). The second-order valence-electron chi connectivity index (χ2n) is 14.6. The van der Waals surface area contributed by atoms with Crippen LogP contribution in [0, 0.1) is 11.8 Å². The van der Waals surface area contributed by atoms with Gasteiger partial charge in [0.15, 0.2) is 0 Å². The minimum Gasteiger partial charge on any atom is -0.390 e. The Morgan fingerprint density at radius 3 is 2.27 bits per heavy atom. The number of piperazine rings is 1. The lowest BCUT2D eigenvalue weighted by molar-refractivity contribution is -0.142. The third kappa shape index (κ3) is 9.10. The van der Waals surface area contributed by atoms with E-state index in [4.69, 9.17) is 0 Å². The van der Waals surface area contributed by atoms with Crippen molar-refractivity contribution in [2.75, 3.05) is 73.1 Å². The van der Waals surface area contributed by atoms with Gasteiger partial charge in [-0.1, -0.05) is 0 Å². The van der Waals surface area contributed by atoms with Gasteiger partial charge in [-0.3, -0.25) is 14.6 Å². The summed E-state index contributed by atoms with van der Waals surface area (Å²) in [6.07, 6.45) is 4.31. The summed E-state index contributed by atoms with van der Waals surface area (Å²) in [6.45, 7) is 22.5. The number of carbonyl (C=O) groups is 1. The van der Waals surface area contributed by atoms with Crippen LogP contribution in [0.1, 0.15) is 80.6 Å². The Labute approximate surface area is 251 Å². The average Bonchev–Trinajstić information content (AvgIpc) is 2.89. The fourth-order valence-corrected chi connectivity index (χ4v) is 7.93. The molecule has 3 aliphatic rings. The number of nitrogens with one attached hydrogen (secondary N) is 1. The van der Waals surface area contributed by atoms with Crippen LogP contribution in [0.5, 0.6) is 0 Å². The summed E-state index contributed by atoms with van der Waals surface area (Å²) in [4.78, 5) is 24.5. The summed E-state index contributed by atoms with van der Waals surface area (Å²) in [5.41, 5.74) is -1.53. The number of likely N-dealkylation sites (N-methyl/N-ethyl adjacent to an activating group) is 1. The highest BCUT2D eigenvalue weighted by Crippen LogP contribution is 2.36. The van der Waals surface area contributed by atoms with Crippen molar-refractivity contribution in [3.63, 3.8) is 0 Å². The molecule has 3 fully saturated rings. The van der Waals surface area contributed by atoms with Gasteiger partial charge < -0.3 is 30.2 Å². The number of hydrogen-bond acceptors (Lipinski definition) is 8. The Morgan fingerprint density at radius 1 is 1.07 bits per heavy atom. The monoisotopic (exact) mass is 581 g/mol. The van der Waals surface area contributed by atoms with Gasteiger partial charge in [0.2, 0.25) is 5.91 Å². The predicted molar refractivity (Wildman–Crippen MR) is 168 cm³/mol. The standard InChI is InChI=1S/C32H64N6O3/c1-24(2)36-14-10-28(11-15-36)31(7,40)12-16-34(9)22-32(41)13-17-35(23-33-8)20-29(32)18-30-21-37(25(3)4)19-26(5)38(30)27(6)39/h24-26,28-30,33,40-41H,10-23H2,1-9H3/t26-,29?,30+,31?,32?/m0/s1. The molecule has 3 saturated heterocycles. The van der Waals surface area contributed by atoms with Crippen molar-refractivity contribution in [1.29, 1.82) is 0 Å². The van der Waals surface area contributed by atoms with Crippen LogP contribution in [0.15, 0.2) is 0 Å². The molecule has 1 amide bonds. The number of rotatable bonds is 12. The first-order valence-electron chi connectivity index (χ1n) is 16.4. The van der Waals surface area contributed by atoms with Crippen LogP contribution >= 0.6 is 0 Å². The summed E-state index contributed by atoms with van der Waals surface area (Å²) in [5.74, 6) is 0.510. The normalized spacial score (nSPS) is 31.4. The zero-order chi connectivity index (χ0) is 30.5. The lowest BCUT2D eigenvalue weighted by Crippen LogP contribution is -2.64. The molecule has 9 nitrogen and oxygen atoms in total. The first kappa shape index (κ1) is 34.7. The van der Waals surface area contributed by atoms with Gasteiger partial charge in [0.05, 0.1) is 11.2 Å². The largest absolute Gasteiger partial charge is 0.390 e. The molecule has 0 bridgehead atoms. The Hall–Kier alpha value is -0.810. The number of aliphatic hydroxyl groups is 2. The molecule has 3 heterocycles. The van der Waals surface area contributed by atoms with Gasteiger partial charge >= 0.3 is 0 Å². The highest BCUT2D eigenvalue weighted by molar-refractivity contribution is 5.74. The van der Waals surface area contributed by atoms with Gasteiger partial charge in [-0.2, -0.15) is 0 Å². The van der Waals surface area contributed by atoms with E-state index in [0.717, 1.165) is 71.7 Å². The van der Waals surface area contributed by atoms with Crippen molar-refractivity contribution < 1.29 is 15.0 Å². The molecule has 0 aromatic heterocycles. The van der Waals surface area contributed by atoms with E-state index in [0.29, 0.717) is 37.4 Å². The molecule has 41 heavy (non-hydrogen) atoms. The quantitative estimate of drug-likeness (QED) is 0.324. The van der Waals surface area contributed by atoms with Crippen molar-refractivity contribution in [2.45, 2.75) is 116 Å². The summed E-state index contributed by atoms with van der Waals surface area (Å²) in [6, 6.07) is 1.24. The van der Waals surface area contributed by atoms with Crippen molar-refractivity contribution >= 4 is 5.91 Å². The Balaban J connectivity index is 1.68. The zero-order valence-corrected chi connectivity index (χ0v) is 27.9. The SMILES string of the molecule is CNCN1CCC(O)(CN(C)CCC(C)(O)C2CCN(C(C)C)CC2)C(C[C@@H]2CN(C(C)C)C[C@H](C)N2C(C)=O)C1. The van der Waals surface area contributed by atoms with Crippen molar-refractivity contribution in [1.82, 2.24) is 29.8 Å². The maximum absolute atomic E-state index is 12.8. The Bertz CT molecular complexity index is 817. The summed E-state index contributed by atoms with van der Waals surface area (Å²) in [7, 11) is 4.07. The molecule has 3 N–H and O–H groups in total. The number of hydrogen-bond donors (Lipinski definition) is 3. The molecule has 240 valence electrons. The van der Waals surface area contributed by atoms with Gasteiger partial charge in [-0.25, -0.2) is 0 Å². The molecule has 3 unspecified atom stereocenters. The molecule has 0 aromatic carbocycles. The first-order valence-corrected chi connectivity index (χ1v) is 16.4. The van der Waals surface area contributed by atoms with Crippen molar-refractivity contribution in [3.8, 4) is 0 Å². The molecular formula is C32H64N6O3. The van der Waals surface area contributed by atoms with E-state index in [1.165, 1.54) is 0 Å². The van der Waals surface area contributed by atoms with E-state index in [-0.39, 0.29) is 23.9 Å². The van der Waals surface area contributed by atoms with Crippen molar-refractivity contribution in [3.05, 3.63) is 0 Å². The van der Waals surface area contributed by atoms with E-state index >= 15 is 0 Å². The Morgan fingerprint density at radius 2 is 1.71 bits per heavy atom. The highest BCUT2D eigenvalue weighted by atomic mass is 16.3. The van der Waals surface area contributed by atoms with Gasteiger partial charge in [0.25, 0.3) is 0 Å². The Kier molecular flexibility index (Phi) is 12.5. The van der Waals surface area contributed by atoms with Crippen LogP contribution < -0.4 is 5.32 Å². The average molecular weight is 581 g/mol. The van der Waals surface area contributed by atoms with Crippen LogP contribution in [0.4, 0.5) is 0 Å². The van der Waals surface area contributed by atoms with Gasteiger partial charge in [0, 0.05) is 82.9 Å². The number of carbonyl (C=O) groups excluding carboxylic acids is 1. The summed E-state index contributed by atoms with van der Waals surface area (Å²) >= 11 is 0. The minimum atomic E-state index is -0.834. The molecule has 0 radical (unpaired) electrons. The van der Waals surface area contributed by atoms with Gasteiger partial charge in [-0.15, -0.1) is 0 Å². The highest BCUT2D eigenvalue weighted by Gasteiger charge is 2.46. The van der Waals surface area contributed by atoms with Gasteiger partial charge in [-0.05, 0) is 107 Å². The molecule has 0 saturated carbocycles. The molecule has 0 spiro atoms. The third-order valence-electron chi connectivity index (χ3n) is 10.6. The van der Waals surface area contributed by atoms with Crippen LogP contribution in [0.25, 0.3) is 0 Å². The zero-order valence-electron chi connectivity index (χ0n) is 27.9. The third-order valence-corrected chi connectivity index (χ3v) is 10.6. The van der Waals surface area contributed by atoms with E-state index in [1.54, 1.807) is 6.92 Å². The fourth-order valence-electron chi connectivity index (χ4n) is 7.93. The van der Waals surface area contributed by atoms with E-state index in [9.17, 15) is 15.0 Å². The maximum atomic E-state index is 12.8. The second-order valence-corrected chi connectivity index (χ2v) is 14.6. The van der Waals surface area contributed by atoms with Crippen LogP contribution in [0.3, 0.4) is 0 Å². The number of piperidine rings is 2. The first-order chi connectivity index (χ1) is 19.2. The van der Waals surface area contributed by atoms with Crippen LogP contribution in [-0.2, 0) is 4.79 Å². The van der Waals surface area contributed by atoms with Crippen LogP contribution in [-0.4, -0.2) is 149 Å². The number of amides is 1. The molecule has 3 aliphatic heterocycles. The predicted octanol–water partition coefficient (Wildman–Crippen LogP) is 2.13.